The average molecular weight is 326 g/mol. The van der Waals surface area contributed by atoms with Crippen molar-refractivity contribution in [2.45, 2.75) is 0 Å². The quantitative estimate of drug-likeness (QED) is 0.740. The van der Waals surface area contributed by atoms with Crippen LogP contribution in [0, 0.1) is 0 Å². The van der Waals surface area contributed by atoms with Crippen LogP contribution in [0.3, 0.4) is 0 Å². The molecule has 0 heterocycles. The highest BCUT2D eigenvalue weighted by atomic mass is 16.5. The van der Waals surface area contributed by atoms with Crippen LogP contribution in [0.15, 0.2) is 37.4 Å². The van der Waals surface area contributed by atoms with Crippen LogP contribution < -0.4 is 18.9 Å². The normalized spacial score (nSPS) is 10.0. The van der Waals surface area contributed by atoms with Crippen molar-refractivity contribution in [3.05, 3.63) is 48.6 Å². The smallest absolute Gasteiger partial charge is 0.169 e. The van der Waals surface area contributed by atoms with Gasteiger partial charge in [-0.15, -0.1) is 0 Å². The van der Waals surface area contributed by atoms with Crippen LogP contribution in [0.4, 0.5) is 0 Å². The molecule has 2 rings (SSSR count). The van der Waals surface area contributed by atoms with E-state index < -0.39 is 0 Å². The Kier molecular flexibility index (Phi) is 5.53. The van der Waals surface area contributed by atoms with Gasteiger partial charge in [0.2, 0.25) is 0 Å². The van der Waals surface area contributed by atoms with Gasteiger partial charge in [-0.3, -0.25) is 0 Å². The van der Waals surface area contributed by atoms with Crippen LogP contribution in [0.1, 0.15) is 11.1 Å². The summed E-state index contributed by atoms with van der Waals surface area (Å²) < 4.78 is 22.2. The maximum atomic E-state index is 5.63. The molecule has 2 aromatic rings. The van der Waals surface area contributed by atoms with Crippen molar-refractivity contribution in [3.8, 4) is 34.1 Å². The summed E-state index contributed by atoms with van der Waals surface area (Å²) in [4.78, 5) is 0. The fourth-order valence-corrected chi connectivity index (χ4v) is 2.74. The van der Waals surface area contributed by atoms with Gasteiger partial charge in [-0.05, 0) is 23.3 Å². The zero-order chi connectivity index (χ0) is 17.7. The van der Waals surface area contributed by atoms with Crippen molar-refractivity contribution in [3.63, 3.8) is 0 Å². The van der Waals surface area contributed by atoms with Gasteiger partial charge >= 0.3 is 0 Å². The van der Waals surface area contributed by atoms with Gasteiger partial charge in [0.15, 0.2) is 23.0 Å². The number of hydrogen-bond acceptors (Lipinski definition) is 4. The van der Waals surface area contributed by atoms with E-state index >= 15 is 0 Å². The fourth-order valence-electron chi connectivity index (χ4n) is 2.74. The number of methoxy groups -OCH3 is 4. The molecule has 0 unspecified atom stereocenters. The van der Waals surface area contributed by atoms with E-state index in [2.05, 4.69) is 13.2 Å². The minimum atomic E-state index is 0.601. The highest BCUT2D eigenvalue weighted by Gasteiger charge is 2.23. The molecule has 0 saturated carbocycles. The fraction of sp³-hybridized carbons (Fsp3) is 0.200. The van der Waals surface area contributed by atoms with Crippen molar-refractivity contribution in [2.75, 3.05) is 28.4 Å². The van der Waals surface area contributed by atoms with Crippen molar-refractivity contribution in [1.29, 1.82) is 0 Å². The van der Waals surface area contributed by atoms with E-state index in [1.165, 1.54) is 0 Å². The molecule has 0 amide bonds. The molecule has 0 spiro atoms. The number of rotatable bonds is 7. The minimum absolute atomic E-state index is 0.601. The first kappa shape index (κ1) is 17.5. The zero-order valence-electron chi connectivity index (χ0n) is 14.5. The van der Waals surface area contributed by atoms with Crippen molar-refractivity contribution < 1.29 is 18.9 Å². The van der Waals surface area contributed by atoms with Crippen molar-refractivity contribution >= 4 is 12.2 Å². The summed E-state index contributed by atoms with van der Waals surface area (Å²) in [5.41, 5.74) is 3.42. The van der Waals surface area contributed by atoms with E-state index in [4.69, 9.17) is 18.9 Å². The van der Waals surface area contributed by atoms with Crippen LogP contribution in [0.2, 0.25) is 0 Å². The molecule has 4 nitrogen and oxygen atoms in total. The van der Waals surface area contributed by atoms with Crippen LogP contribution >= 0.6 is 0 Å². The Labute approximate surface area is 142 Å². The predicted molar refractivity (Wildman–Crippen MR) is 98.3 cm³/mol. The molecule has 0 aliphatic rings. The Morgan fingerprint density at radius 3 is 1.25 bits per heavy atom. The zero-order valence-corrected chi connectivity index (χ0v) is 14.5. The van der Waals surface area contributed by atoms with Crippen LogP contribution in [-0.4, -0.2) is 28.4 Å². The van der Waals surface area contributed by atoms with Crippen molar-refractivity contribution in [1.82, 2.24) is 0 Å². The van der Waals surface area contributed by atoms with Gasteiger partial charge in [0.05, 0.1) is 28.4 Å². The lowest BCUT2D eigenvalue weighted by Crippen LogP contribution is -2.00. The third-order valence-corrected chi connectivity index (χ3v) is 3.85. The Morgan fingerprint density at radius 1 is 0.625 bits per heavy atom. The van der Waals surface area contributed by atoms with Gasteiger partial charge in [-0.1, -0.05) is 37.4 Å². The van der Waals surface area contributed by atoms with E-state index in [0.29, 0.717) is 23.0 Å². The van der Waals surface area contributed by atoms with Gasteiger partial charge in [0, 0.05) is 11.1 Å². The first-order chi connectivity index (χ1) is 11.7. The topological polar surface area (TPSA) is 36.9 Å². The second-order valence-corrected chi connectivity index (χ2v) is 4.94. The maximum Gasteiger partial charge on any atom is 0.169 e. The molecule has 0 bridgehead atoms. The number of hydrogen-bond donors (Lipinski definition) is 0. The van der Waals surface area contributed by atoms with Crippen molar-refractivity contribution in [2.24, 2.45) is 0 Å². The van der Waals surface area contributed by atoms with Gasteiger partial charge in [-0.25, -0.2) is 0 Å². The first-order valence-corrected chi connectivity index (χ1v) is 7.41. The highest BCUT2D eigenvalue weighted by Crippen LogP contribution is 2.49. The highest BCUT2D eigenvalue weighted by molar-refractivity contribution is 5.91. The third-order valence-electron chi connectivity index (χ3n) is 3.85. The summed E-state index contributed by atoms with van der Waals surface area (Å²) in [6.45, 7) is 7.81. The lowest BCUT2D eigenvalue weighted by molar-refractivity contribution is 0.352. The Balaban J connectivity index is 2.99. The molecule has 4 heteroatoms. The number of ether oxygens (including phenoxy) is 4. The van der Waals surface area contributed by atoms with E-state index in [9.17, 15) is 0 Å². The molecule has 24 heavy (non-hydrogen) atoms. The molecule has 0 aromatic heterocycles. The molecule has 0 aliphatic carbocycles. The van der Waals surface area contributed by atoms with Gasteiger partial charge < -0.3 is 18.9 Å². The molecule has 0 radical (unpaired) electrons. The second-order valence-electron chi connectivity index (χ2n) is 4.94. The molecule has 0 saturated heterocycles. The summed E-state index contributed by atoms with van der Waals surface area (Å²) >= 11 is 0. The van der Waals surface area contributed by atoms with Crippen LogP contribution in [0.5, 0.6) is 23.0 Å². The maximum absolute atomic E-state index is 5.63. The molecular weight excluding hydrogens is 304 g/mol. The summed E-state index contributed by atoms with van der Waals surface area (Å²) in [6.07, 6.45) is 3.53. The van der Waals surface area contributed by atoms with E-state index in [0.717, 1.165) is 22.3 Å². The molecule has 0 N–H and O–H groups in total. The summed E-state index contributed by atoms with van der Waals surface area (Å²) in [5, 5.41) is 0. The van der Waals surface area contributed by atoms with Gasteiger partial charge in [0.25, 0.3) is 0 Å². The summed E-state index contributed by atoms with van der Waals surface area (Å²) in [5.74, 6) is 2.45. The first-order valence-electron chi connectivity index (χ1n) is 7.41. The number of benzene rings is 2. The molecule has 2 aromatic carbocycles. The Bertz CT molecular complexity index is 697. The minimum Gasteiger partial charge on any atom is -0.493 e. The van der Waals surface area contributed by atoms with E-state index in [-0.39, 0.29) is 0 Å². The van der Waals surface area contributed by atoms with Gasteiger partial charge in [-0.2, -0.15) is 0 Å². The average Bonchev–Trinajstić information content (AvgIpc) is 2.64. The van der Waals surface area contributed by atoms with Gasteiger partial charge in [0.1, 0.15) is 0 Å². The van der Waals surface area contributed by atoms with E-state index in [1.807, 2.05) is 24.3 Å². The predicted octanol–water partition coefficient (Wildman–Crippen LogP) is 4.67. The Morgan fingerprint density at radius 2 is 1.00 bits per heavy atom. The standard InChI is InChI=1S/C20H22O4/c1-7-13-9-11-15(21-3)19(23-5)17(13)18-14(8-2)10-12-16(22-4)20(18)24-6/h7-12H,1-2H2,3-6H3. The molecule has 0 aliphatic heterocycles. The summed E-state index contributed by atoms with van der Waals surface area (Å²) in [6, 6.07) is 7.55. The van der Waals surface area contributed by atoms with E-state index in [1.54, 1.807) is 40.6 Å². The molecule has 126 valence electrons. The van der Waals surface area contributed by atoms with Crippen LogP contribution in [0.25, 0.3) is 23.3 Å². The second kappa shape index (κ2) is 7.59. The van der Waals surface area contributed by atoms with Crippen LogP contribution in [-0.2, 0) is 0 Å². The monoisotopic (exact) mass is 326 g/mol. The largest absolute Gasteiger partial charge is 0.493 e. The summed E-state index contributed by atoms with van der Waals surface area (Å²) in [7, 11) is 6.42. The molecular formula is C20H22O4. The SMILES string of the molecule is C=Cc1ccc(OC)c(OC)c1-c1c(C=C)ccc(OC)c1OC. The third kappa shape index (κ3) is 2.83. The molecule has 0 atom stereocenters. The lowest BCUT2D eigenvalue weighted by atomic mass is 9.92. The lowest BCUT2D eigenvalue weighted by Gasteiger charge is -2.20. The molecule has 0 fully saturated rings. The Hall–Kier alpha value is -2.88.